The van der Waals surface area contributed by atoms with Gasteiger partial charge in [-0.05, 0) is 13.8 Å². The molecule has 0 nitrogen and oxygen atoms in total. The quantitative estimate of drug-likeness (QED) is 0.382. The first-order valence-electron chi connectivity index (χ1n) is 5.10. The van der Waals surface area contributed by atoms with Crippen molar-refractivity contribution < 1.29 is 43.7 Å². The van der Waals surface area contributed by atoms with Crippen molar-refractivity contribution in [3.05, 3.63) is 59.7 Å². The van der Waals surface area contributed by atoms with Gasteiger partial charge in [-0.25, -0.2) is 0 Å². The molecular weight excluding hydrogens is 301 g/mol. The predicted molar refractivity (Wildman–Crippen MR) is 74.3 cm³/mol. The summed E-state index contributed by atoms with van der Waals surface area (Å²) in [6.45, 7) is 4.33. The third kappa shape index (κ3) is 7.40. The van der Waals surface area contributed by atoms with Crippen LogP contribution in [-0.4, -0.2) is 23.1 Å². The van der Waals surface area contributed by atoms with Gasteiger partial charge in [0.05, 0.1) is 0 Å². The topological polar surface area (TPSA) is 0 Å². The molecule has 0 radical (unpaired) electrons. The zero-order valence-corrected chi connectivity index (χ0v) is 15.3. The average molecular weight is 315 g/mol. The third-order valence-corrected chi connectivity index (χ3v) is 3.96. The van der Waals surface area contributed by atoms with Crippen LogP contribution in [-0.2, 0) is 0 Å². The minimum atomic E-state index is 0. The van der Waals surface area contributed by atoms with Gasteiger partial charge in [0.2, 0.25) is 0 Å². The minimum absolute atomic E-state index is 0. The van der Waals surface area contributed by atoms with E-state index in [-0.39, 0.29) is 66.7 Å². The van der Waals surface area contributed by atoms with Gasteiger partial charge in [0, 0.05) is 0 Å². The van der Waals surface area contributed by atoms with Gasteiger partial charge in [0.1, 0.15) is 0 Å². The fourth-order valence-electron chi connectivity index (χ4n) is 1.51. The van der Waals surface area contributed by atoms with E-state index in [0.717, 1.165) is 0 Å². The second kappa shape index (κ2) is 12.5. The van der Waals surface area contributed by atoms with Crippen molar-refractivity contribution in [2.45, 2.75) is 13.8 Å². The van der Waals surface area contributed by atoms with Crippen molar-refractivity contribution in [2.75, 3.05) is 0 Å². The van der Waals surface area contributed by atoms with E-state index in [1.54, 1.807) is 0 Å². The molecule has 0 heterocycles. The van der Waals surface area contributed by atoms with E-state index in [1.807, 2.05) is 0 Å². The van der Waals surface area contributed by atoms with Crippen LogP contribution < -0.4 is 54.3 Å². The van der Waals surface area contributed by atoms with E-state index in [2.05, 4.69) is 62.4 Å². The van der Waals surface area contributed by atoms with E-state index < -0.39 is 0 Å². The molecule has 19 heavy (non-hydrogen) atoms. The molecule has 0 N–H and O–H groups in total. The molecule has 0 spiro atoms. The van der Waals surface area contributed by atoms with Crippen molar-refractivity contribution in [2.24, 2.45) is 0 Å². The molecule has 0 aliphatic carbocycles. The van der Waals surface area contributed by atoms with Gasteiger partial charge in [-0.1, -0.05) is 59.7 Å². The van der Waals surface area contributed by atoms with E-state index in [4.69, 9.17) is 0 Å². The zero-order chi connectivity index (χ0) is 10.7. The molecule has 0 saturated carbocycles. The number of aryl methyl sites for hydroxylation is 2. The maximum Gasteiger partial charge on any atom is 2.00 e. The summed E-state index contributed by atoms with van der Waals surface area (Å²) in [6.07, 6.45) is 0. The predicted octanol–water partition coefficient (Wildman–Crippen LogP) is -6.17. The number of halogens is 2. The van der Waals surface area contributed by atoms with Gasteiger partial charge in [0.25, 0.3) is 0 Å². The first kappa shape index (κ1) is 24.8. The summed E-state index contributed by atoms with van der Waals surface area (Å²) >= 11 is 0. The average Bonchev–Trinajstić information content (AvgIpc) is 2.24. The third-order valence-electron chi connectivity index (χ3n) is 2.47. The summed E-state index contributed by atoms with van der Waals surface area (Å²) in [5.41, 5.74) is 2.73. The molecule has 0 saturated heterocycles. The first-order valence-corrected chi connectivity index (χ1v) is 6.00. The molecule has 0 aliphatic rings. The molecule has 2 rings (SSSR count). The Labute approximate surface area is 158 Å². The van der Waals surface area contributed by atoms with E-state index in [9.17, 15) is 0 Å². The molecular formula is C14H14Cl2LiMgP. The molecule has 2 aromatic carbocycles. The fourth-order valence-corrected chi connectivity index (χ4v) is 2.59. The van der Waals surface area contributed by atoms with Crippen LogP contribution in [0.15, 0.2) is 48.5 Å². The van der Waals surface area contributed by atoms with Gasteiger partial charge in [-0.3, -0.25) is 0 Å². The van der Waals surface area contributed by atoms with Crippen LogP contribution in [0.4, 0.5) is 0 Å². The van der Waals surface area contributed by atoms with Crippen molar-refractivity contribution >= 4 is 42.2 Å². The summed E-state index contributed by atoms with van der Waals surface area (Å²) in [4.78, 5) is 0. The van der Waals surface area contributed by atoms with Crippen LogP contribution >= 0.6 is 8.58 Å². The number of hydrogen-bond acceptors (Lipinski definition) is 0. The second-order valence-corrected chi connectivity index (χ2v) is 4.87. The molecule has 0 bridgehead atoms. The molecule has 2 aromatic rings. The van der Waals surface area contributed by atoms with Crippen LogP contribution in [0, 0.1) is 13.8 Å². The fraction of sp³-hybridized carbons (Fsp3) is 0.143. The Morgan fingerprint density at radius 2 is 1.00 bits per heavy atom. The van der Waals surface area contributed by atoms with Gasteiger partial charge in [-0.15, -0.1) is 0 Å². The van der Waals surface area contributed by atoms with Crippen molar-refractivity contribution in [1.82, 2.24) is 0 Å². The summed E-state index contributed by atoms with van der Waals surface area (Å²) in [5, 5.41) is 2.79. The largest absolute Gasteiger partial charge is 2.00 e. The van der Waals surface area contributed by atoms with Crippen LogP contribution in [0.3, 0.4) is 0 Å². The van der Waals surface area contributed by atoms with Crippen LogP contribution in [0.2, 0.25) is 0 Å². The van der Waals surface area contributed by atoms with Gasteiger partial charge >= 0.3 is 41.9 Å². The SMILES string of the molecule is Cc1ccccc1[P-]c1ccccc1C.[Cl-].[Cl-].[Li+].[Mg+2]. The van der Waals surface area contributed by atoms with Crippen molar-refractivity contribution in [1.29, 1.82) is 0 Å². The summed E-state index contributed by atoms with van der Waals surface area (Å²) in [6, 6.07) is 17.1. The Hall–Kier alpha value is 0.814. The number of hydrogen-bond donors (Lipinski definition) is 0. The molecule has 0 atom stereocenters. The Bertz CT molecular complexity index is 437. The molecule has 0 aromatic heterocycles. The summed E-state index contributed by atoms with van der Waals surface area (Å²) in [7, 11) is 1.31. The Kier molecular flexibility index (Phi) is 16.4. The van der Waals surface area contributed by atoms with Crippen molar-refractivity contribution in [3.63, 3.8) is 0 Å². The normalized spacial score (nSPS) is 8.11. The first-order chi connectivity index (χ1) is 7.27. The number of benzene rings is 2. The van der Waals surface area contributed by atoms with Crippen LogP contribution in [0.5, 0.6) is 0 Å². The van der Waals surface area contributed by atoms with E-state index >= 15 is 0 Å². The maximum absolute atomic E-state index is 2.20. The van der Waals surface area contributed by atoms with E-state index in [0.29, 0.717) is 0 Å². The zero-order valence-electron chi connectivity index (χ0n) is 11.5. The smallest absolute Gasteiger partial charge is 1.00 e. The number of rotatable bonds is 2. The molecule has 0 amide bonds. The van der Waals surface area contributed by atoms with Gasteiger partial charge in [-0.2, -0.15) is 10.6 Å². The second-order valence-electron chi connectivity index (χ2n) is 3.68. The van der Waals surface area contributed by atoms with Gasteiger partial charge in [0.15, 0.2) is 0 Å². The van der Waals surface area contributed by atoms with E-state index in [1.165, 1.54) is 30.3 Å². The minimum Gasteiger partial charge on any atom is -1.00 e. The molecule has 5 heteroatoms. The molecule has 0 aliphatic heterocycles. The Balaban J connectivity index is -0.000000640. The monoisotopic (exact) mass is 314 g/mol. The van der Waals surface area contributed by atoms with Gasteiger partial charge < -0.3 is 33.4 Å². The Morgan fingerprint density at radius 3 is 1.32 bits per heavy atom. The van der Waals surface area contributed by atoms with Crippen LogP contribution in [0.1, 0.15) is 11.1 Å². The molecule has 0 fully saturated rings. The molecule has 92 valence electrons. The standard InChI is InChI=1S/C14H14P.2ClH.Li.Mg/c1-11-7-3-5-9-13(11)15-14-10-6-4-8-12(14)2;;;;/h3-10H,1-2H3;2*1H;;/q-1;;;+1;+2/p-2. The summed E-state index contributed by atoms with van der Waals surface area (Å²) < 4.78 is 0. The molecule has 0 unspecified atom stereocenters. The maximum atomic E-state index is 2.20. The summed E-state index contributed by atoms with van der Waals surface area (Å²) in [5.74, 6) is 0. The Morgan fingerprint density at radius 1 is 0.684 bits per heavy atom. The van der Waals surface area contributed by atoms with Crippen molar-refractivity contribution in [3.8, 4) is 0 Å². The van der Waals surface area contributed by atoms with Crippen LogP contribution in [0.25, 0.3) is 0 Å².